The van der Waals surface area contributed by atoms with Crippen LogP contribution in [0, 0.1) is 5.92 Å². The molecule has 0 N–H and O–H groups in total. The molecule has 0 aromatic carbocycles. The van der Waals surface area contributed by atoms with Crippen LogP contribution in [0.15, 0.2) is 0 Å². The molecule has 0 bridgehead atoms. The Hall–Kier alpha value is -0.410. The van der Waals surface area contributed by atoms with E-state index in [-0.39, 0.29) is 0 Å². The first-order valence-corrected chi connectivity index (χ1v) is 6.55. The molecule has 2 rings (SSSR count). The Morgan fingerprint density at radius 2 is 2.25 bits per heavy atom. The second-order valence-electron chi connectivity index (χ2n) is 5.31. The monoisotopic (exact) mass is 225 g/mol. The summed E-state index contributed by atoms with van der Waals surface area (Å²) in [5.41, 5.74) is 0. The zero-order valence-electron chi connectivity index (χ0n) is 10.3. The topological polar surface area (TPSA) is 29.5 Å². The van der Waals surface area contributed by atoms with Gasteiger partial charge in [-0.3, -0.25) is 4.79 Å². The van der Waals surface area contributed by atoms with Crippen LogP contribution in [0.4, 0.5) is 0 Å². The standard InChI is InChI=1S/C13H23NO2/c1-14(9-11-4-3-7-16-10-11)12-5-2-6-13(15)8-12/h11-12H,2-10H2,1H3. The number of carbonyl (C=O) groups excluding carboxylic acids is 1. The van der Waals surface area contributed by atoms with E-state index in [0.717, 1.165) is 39.0 Å². The molecule has 0 spiro atoms. The number of carbonyl (C=O) groups is 1. The van der Waals surface area contributed by atoms with Gasteiger partial charge in [-0.05, 0) is 38.6 Å². The molecule has 0 amide bonds. The Morgan fingerprint density at radius 3 is 2.94 bits per heavy atom. The predicted molar refractivity (Wildman–Crippen MR) is 63.4 cm³/mol. The number of ketones is 1. The Morgan fingerprint density at radius 1 is 1.38 bits per heavy atom. The molecule has 16 heavy (non-hydrogen) atoms. The Balaban J connectivity index is 1.77. The summed E-state index contributed by atoms with van der Waals surface area (Å²) in [6.07, 6.45) is 6.32. The van der Waals surface area contributed by atoms with Crippen LogP contribution in [0.5, 0.6) is 0 Å². The number of ether oxygens (including phenoxy) is 1. The SMILES string of the molecule is CN(CC1CCCOC1)C1CCCC(=O)C1. The minimum Gasteiger partial charge on any atom is -0.381 e. The fourth-order valence-electron chi connectivity index (χ4n) is 2.89. The predicted octanol–water partition coefficient (Wildman–Crippen LogP) is 1.86. The highest BCUT2D eigenvalue weighted by Crippen LogP contribution is 2.22. The average molecular weight is 225 g/mol. The summed E-state index contributed by atoms with van der Waals surface area (Å²) in [6.45, 7) is 2.94. The van der Waals surface area contributed by atoms with E-state index in [4.69, 9.17) is 4.74 Å². The van der Waals surface area contributed by atoms with Crippen molar-refractivity contribution in [1.82, 2.24) is 4.90 Å². The van der Waals surface area contributed by atoms with Gasteiger partial charge in [0.2, 0.25) is 0 Å². The third-order valence-corrected chi connectivity index (χ3v) is 3.88. The quantitative estimate of drug-likeness (QED) is 0.734. The number of rotatable bonds is 3. The summed E-state index contributed by atoms with van der Waals surface area (Å²) >= 11 is 0. The summed E-state index contributed by atoms with van der Waals surface area (Å²) < 4.78 is 5.50. The van der Waals surface area contributed by atoms with Crippen LogP contribution in [0.3, 0.4) is 0 Å². The van der Waals surface area contributed by atoms with Gasteiger partial charge in [-0.1, -0.05) is 0 Å². The number of nitrogens with zero attached hydrogens (tertiary/aromatic N) is 1. The van der Waals surface area contributed by atoms with Crippen molar-refractivity contribution in [2.45, 2.75) is 44.6 Å². The minimum atomic E-state index is 0.447. The van der Waals surface area contributed by atoms with E-state index < -0.39 is 0 Å². The molecule has 1 aliphatic heterocycles. The van der Waals surface area contributed by atoms with Crippen molar-refractivity contribution >= 4 is 5.78 Å². The summed E-state index contributed by atoms with van der Waals surface area (Å²) in [5, 5.41) is 0. The van der Waals surface area contributed by atoms with Crippen molar-refractivity contribution in [2.75, 3.05) is 26.8 Å². The Bertz CT molecular complexity index is 236. The van der Waals surface area contributed by atoms with E-state index in [2.05, 4.69) is 11.9 Å². The van der Waals surface area contributed by atoms with Crippen molar-refractivity contribution in [3.05, 3.63) is 0 Å². The van der Waals surface area contributed by atoms with Gasteiger partial charge < -0.3 is 9.64 Å². The molecular weight excluding hydrogens is 202 g/mol. The van der Waals surface area contributed by atoms with Crippen LogP contribution in [-0.4, -0.2) is 43.5 Å². The largest absolute Gasteiger partial charge is 0.381 e. The van der Waals surface area contributed by atoms with Crippen molar-refractivity contribution in [3.8, 4) is 0 Å². The van der Waals surface area contributed by atoms with Gasteiger partial charge in [0.05, 0.1) is 6.61 Å². The molecule has 0 radical (unpaired) electrons. The maximum atomic E-state index is 11.4. The molecule has 1 aliphatic carbocycles. The smallest absolute Gasteiger partial charge is 0.134 e. The second-order valence-corrected chi connectivity index (χ2v) is 5.31. The molecule has 1 saturated heterocycles. The maximum absolute atomic E-state index is 11.4. The van der Waals surface area contributed by atoms with E-state index >= 15 is 0 Å². The first-order valence-electron chi connectivity index (χ1n) is 6.55. The molecule has 2 fully saturated rings. The molecule has 92 valence electrons. The lowest BCUT2D eigenvalue weighted by atomic mass is 9.92. The molecule has 1 heterocycles. The molecule has 2 atom stereocenters. The average Bonchev–Trinajstić information content (AvgIpc) is 2.30. The Kier molecular flexibility index (Phi) is 4.36. The van der Waals surface area contributed by atoms with Gasteiger partial charge >= 0.3 is 0 Å². The molecule has 2 aliphatic rings. The van der Waals surface area contributed by atoms with E-state index in [9.17, 15) is 4.79 Å². The van der Waals surface area contributed by atoms with Crippen molar-refractivity contribution in [3.63, 3.8) is 0 Å². The van der Waals surface area contributed by atoms with Crippen LogP contribution in [0.1, 0.15) is 38.5 Å². The van der Waals surface area contributed by atoms with Gasteiger partial charge in [-0.2, -0.15) is 0 Å². The number of Topliss-reactive ketones (excluding diaryl/α,β-unsaturated/α-hetero) is 1. The van der Waals surface area contributed by atoms with E-state index in [1.54, 1.807) is 0 Å². The fraction of sp³-hybridized carbons (Fsp3) is 0.923. The van der Waals surface area contributed by atoms with Gasteiger partial charge in [0, 0.05) is 32.0 Å². The van der Waals surface area contributed by atoms with Gasteiger partial charge in [-0.25, -0.2) is 0 Å². The zero-order chi connectivity index (χ0) is 11.4. The van der Waals surface area contributed by atoms with Gasteiger partial charge in [0.15, 0.2) is 0 Å². The first-order chi connectivity index (χ1) is 7.75. The second kappa shape index (κ2) is 5.78. The number of hydrogen-bond acceptors (Lipinski definition) is 3. The summed E-state index contributed by atoms with van der Waals surface area (Å²) in [5.74, 6) is 1.12. The van der Waals surface area contributed by atoms with E-state index in [0.29, 0.717) is 17.7 Å². The highest BCUT2D eigenvalue weighted by atomic mass is 16.5. The lowest BCUT2D eigenvalue weighted by Crippen LogP contribution is -2.40. The van der Waals surface area contributed by atoms with Crippen LogP contribution in [0.2, 0.25) is 0 Å². The summed E-state index contributed by atoms with van der Waals surface area (Å²) in [6, 6.07) is 0.489. The van der Waals surface area contributed by atoms with Crippen LogP contribution >= 0.6 is 0 Å². The summed E-state index contributed by atoms with van der Waals surface area (Å²) in [4.78, 5) is 13.8. The van der Waals surface area contributed by atoms with Crippen LogP contribution in [0.25, 0.3) is 0 Å². The fourth-order valence-corrected chi connectivity index (χ4v) is 2.89. The van der Waals surface area contributed by atoms with Gasteiger partial charge in [0.25, 0.3) is 0 Å². The van der Waals surface area contributed by atoms with Crippen molar-refractivity contribution < 1.29 is 9.53 Å². The molecule has 3 heteroatoms. The third kappa shape index (κ3) is 3.29. The molecular formula is C13H23NO2. The zero-order valence-corrected chi connectivity index (χ0v) is 10.3. The summed E-state index contributed by atoms with van der Waals surface area (Å²) in [7, 11) is 2.16. The highest BCUT2D eigenvalue weighted by Gasteiger charge is 2.25. The third-order valence-electron chi connectivity index (χ3n) is 3.88. The van der Waals surface area contributed by atoms with Gasteiger partial charge in [0.1, 0.15) is 5.78 Å². The molecule has 0 aromatic heterocycles. The van der Waals surface area contributed by atoms with Crippen molar-refractivity contribution in [2.24, 2.45) is 5.92 Å². The molecule has 1 saturated carbocycles. The lowest BCUT2D eigenvalue weighted by Gasteiger charge is -2.34. The Labute approximate surface area is 98.1 Å². The van der Waals surface area contributed by atoms with Gasteiger partial charge in [-0.15, -0.1) is 0 Å². The highest BCUT2D eigenvalue weighted by molar-refractivity contribution is 5.79. The van der Waals surface area contributed by atoms with E-state index in [1.807, 2.05) is 0 Å². The molecule has 0 aromatic rings. The first kappa shape index (κ1) is 12.1. The minimum absolute atomic E-state index is 0.447. The molecule has 2 unspecified atom stereocenters. The molecule has 3 nitrogen and oxygen atoms in total. The number of hydrogen-bond donors (Lipinski definition) is 0. The van der Waals surface area contributed by atoms with Crippen LogP contribution < -0.4 is 0 Å². The maximum Gasteiger partial charge on any atom is 0.134 e. The van der Waals surface area contributed by atoms with Crippen molar-refractivity contribution in [1.29, 1.82) is 0 Å². The lowest BCUT2D eigenvalue weighted by molar-refractivity contribution is -0.122. The normalized spacial score (nSPS) is 32.0. The van der Waals surface area contributed by atoms with Crippen LogP contribution in [-0.2, 0) is 9.53 Å². The van der Waals surface area contributed by atoms with E-state index in [1.165, 1.54) is 19.3 Å².